The van der Waals surface area contributed by atoms with Crippen LogP contribution < -0.4 is 10.6 Å². The standard InChI is InChI=1S/C28H42FN5O2/c1-4-5-11-30-26(35)34(20-21-9-10-22-18-25(21)28(22,2)3)17-14-32-12-15-33(16-13-32)27(36)31-24-8-6-7-23(29)19-24/h6-9,19,22,25H,4-5,10-18,20H2,1-3H3,(H,30,35)(H,31,36). The van der Waals surface area contributed by atoms with Crippen molar-refractivity contribution in [3.05, 3.63) is 41.7 Å². The van der Waals surface area contributed by atoms with Gasteiger partial charge in [-0.2, -0.15) is 0 Å². The van der Waals surface area contributed by atoms with Gasteiger partial charge >= 0.3 is 12.1 Å². The van der Waals surface area contributed by atoms with E-state index in [-0.39, 0.29) is 17.9 Å². The molecule has 8 heteroatoms. The van der Waals surface area contributed by atoms with E-state index in [1.807, 2.05) is 4.90 Å². The summed E-state index contributed by atoms with van der Waals surface area (Å²) in [6.07, 6.45) is 6.80. The SMILES string of the molecule is CCCCNC(=O)N(CCN1CCN(C(=O)Nc2cccc(F)c2)CC1)CC1=CCC2CC1C2(C)C. The number of amides is 4. The van der Waals surface area contributed by atoms with Crippen molar-refractivity contribution in [1.29, 1.82) is 0 Å². The zero-order valence-electron chi connectivity index (χ0n) is 22.1. The van der Waals surface area contributed by atoms with Gasteiger partial charge in [-0.1, -0.05) is 44.9 Å². The third-order valence-electron chi connectivity index (χ3n) is 8.47. The number of fused-ring (bicyclic) bond motifs is 1. The van der Waals surface area contributed by atoms with E-state index in [0.29, 0.717) is 49.7 Å². The zero-order chi connectivity index (χ0) is 25.7. The fourth-order valence-electron chi connectivity index (χ4n) is 5.82. The normalized spacial score (nSPS) is 22.9. The number of allylic oxidation sites excluding steroid dienone is 1. The molecule has 2 bridgehead atoms. The number of carbonyl (C=O) groups excluding carboxylic acids is 2. The van der Waals surface area contributed by atoms with E-state index in [1.165, 1.54) is 24.1 Å². The van der Waals surface area contributed by atoms with Gasteiger partial charge in [-0.15, -0.1) is 0 Å². The highest BCUT2D eigenvalue weighted by Gasteiger charge is 2.51. The highest BCUT2D eigenvalue weighted by Crippen LogP contribution is 2.59. The lowest BCUT2D eigenvalue weighted by Crippen LogP contribution is -2.53. The van der Waals surface area contributed by atoms with Gasteiger partial charge < -0.3 is 20.4 Å². The van der Waals surface area contributed by atoms with E-state index in [1.54, 1.807) is 17.0 Å². The van der Waals surface area contributed by atoms with Gasteiger partial charge in [0.25, 0.3) is 0 Å². The number of carbonyl (C=O) groups is 2. The Morgan fingerprint density at radius 1 is 1.19 bits per heavy atom. The first kappa shape index (κ1) is 26.5. The summed E-state index contributed by atoms with van der Waals surface area (Å²) < 4.78 is 13.4. The first-order chi connectivity index (χ1) is 17.3. The largest absolute Gasteiger partial charge is 0.338 e. The maximum Gasteiger partial charge on any atom is 0.321 e. The van der Waals surface area contributed by atoms with Gasteiger partial charge in [0.1, 0.15) is 5.82 Å². The first-order valence-electron chi connectivity index (χ1n) is 13.5. The number of urea groups is 2. The number of nitrogens with zero attached hydrogens (tertiary/aromatic N) is 3. The van der Waals surface area contributed by atoms with Crippen molar-refractivity contribution in [3.63, 3.8) is 0 Å². The van der Waals surface area contributed by atoms with E-state index >= 15 is 0 Å². The van der Waals surface area contributed by atoms with E-state index in [0.717, 1.165) is 44.8 Å². The summed E-state index contributed by atoms with van der Waals surface area (Å²) in [4.78, 5) is 31.7. The molecule has 1 aromatic carbocycles. The second-order valence-electron chi connectivity index (χ2n) is 11.1. The zero-order valence-corrected chi connectivity index (χ0v) is 22.1. The summed E-state index contributed by atoms with van der Waals surface area (Å²) in [6.45, 7) is 12.4. The van der Waals surface area contributed by atoms with Crippen LogP contribution in [0.25, 0.3) is 0 Å². The molecule has 36 heavy (non-hydrogen) atoms. The molecule has 2 N–H and O–H groups in total. The van der Waals surface area contributed by atoms with Crippen molar-refractivity contribution in [2.24, 2.45) is 17.3 Å². The molecule has 1 heterocycles. The van der Waals surface area contributed by atoms with E-state index in [9.17, 15) is 14.0 Å². The number of halogens is 1. The highest BCUT2D eigenvalue weighted by molar-refractivity contribution is 5.89. The van der Waals surface area contributed by atoms with Crippen LogP contribution in [0.4, 0.5) is 19.7 Å². The summed E-state index contributed by atoms with van der Waals surface area (Å²) in [5.41, 5.74) is 2.23. The van der Waals surface area contributed by atoms with Crippen LogP contribution in [0.5, 0.6) is 0 Å². The molecule has 4 amide bonds. The van der Waals surface area contributed by atoms with Gasteiger partial charge in [0.2, 0.25) is 0 Å². The summed E-state index contributed by atoms with van der Waals surface area (Å²) in [5.74, 6) is 1.00. The molecule has 4 aliphatic rings. The number of unbranched alkanes of at least 4 members (excludes halogenated alkanes) is 1. The second kappa shape index (κ2) is 11.6. The lowest BCUT2D eigenvalue weighted by atomic mass is 9.49. The quantitative estimate of drug-likeness (QED) is 0.380. The van der Waals surface area contributed by atoms with Gasteiger partial charge in [0.15, 0.2) is 0 Å². The summed E-state index contributed by atoms with van der Waals surface area (Å²) in [5, 5.41) is 5.89. The molecule has 1 aliphatic heterocycles. The average Bonchev–Trinajstić information content (AvgIpc) is 2.86. The van der Waals surface area contributed by atoms with Gasteiger partial charge in [0, 0.05) is 58.0 Å². The van der Waals surface area contributed by atoms with Crippen molar-refractivity contribution >= 4 is 17.7 Å². The predicted octanol–water partition coefficient (Wildman–Crippen LogP) is 4.78. The minimum atomic E-state index is -0.370. The fraction of sp³-hybridized carbons (Fsp3) is 0.643. The predicted molar refractivity (Wildman–Crippen MR) is 141 cm³/mol. The Labute approximate surface area is 215 Å². The van der Waals surface area contributed by atoms with Crippen molar-refractivity contribution in [2.45, 2.75) is 46.5 Å². The van der Waals surface area contributed by atoms with Crippen LogP contribution >= 0.6 is 0 Å². The van der Waals surface area contributed by atoms with Crippen molar-refractivity contribution in [2.75, 3.05) is 57.7 Å². The summed E-state index contributed by atoms with van der Waals surface area (Å²) in [7, 11) is 0. The Hall–Kier alpha value is -2.61. The van der Waals surface area contributed by atoms with Crippen LogP contribution in [0.1, 0.15) is 46.5 Å². The second-order valence-corrected chi connectivity index (χ2v) is 11.1. The molecule has 7 nitrogen and oxygen atoms in total. The Bertz CT molecular complexity index is 957. The van der Waals surface area contributed by atoms with Gasteiger partial charge in [-0.25, -0.2) is 14.0 Å². The highest BCUT2D eigenvalue weighted by atomic mass is 19.1. The van der Waals surface area contributed by atoms with Gasteiger partial charge in [-0.3, -0.25) is 4.90 Å². The molecule has 2 fully saturated rings. The molecular formula is C28H42FN5O2. The molecule has 198 valence electrons. The van der Waals surface area contributed by atoms with Crippen molar-refractivity contribution in [1.82, 2.24) is 20.0 Å². The molecule has 1 saturated heterocycles. The number of nitrogens with one attached hydrogen (secondary N) is 2. The number of benzene rings is 1. The van der Waals surface area contributed by atoms with Crippen LogP contribution in [-0.2, 0) is 0 Å². The fourth-order valence-corrected chi connectivity index (χ4v) is 5.82. The topological polar surface area (TPSA) is 67.9 Å². The molecular weight excluding hydrogens is 457 g/mol. The monoisotopic (exact) mass is 499 g/mol. The van der Waals surface area contributed by atoms with Crippen LogP contribution in [-0.4, -0.2) is 79.1 Å². The van der Waals surface area contributed by atoms with Crippen LogP contribution in [0.2, 0.25) is 0 Å². The molecule has 0 radical (unpaired) electrons. The molecule has 5 rings (SSSR count). The maximum atomic E-state index is 13.4. The average molecular weight is 500 g/mol. The van der Waals surface area contributed by atoms with Gasteiger partial charge in [-0.05, 0) is 54.7 Å². The molecule has 0 aromatic heterocycles. The van der Waals surface area contributed by atoms with Crippen LogP contribution in [0, 0.1) is 23.1 Å². The number of anilines is 1. The molecule has 1 saturated carbocycles. The van der Waals surface area contributed by atoms with E-state index < -0.39 is 0 Å². The summed E-state index contributed by atoms with van der Waals surface area (Å²) >= 11 is 0. The van der Waals surface area contributed by atoms with Crippen LogP contribution in [0.15, 0.2) is 35.9 Å². The molecule has 2 atom stereocenters. The molecule has 3 aliphatic carbocycles. The Balaban J connectivity index is 1.28. The minimum Gasteiger partial charge on any atom is -0.338 e. The van der Waals surface area contributed by atoms with Crippen molar-refractivity contribution < 1.29 is 14.0 Å². The third-order valence-corrected chi connectivity index (χ3v) is 8.47. The Morgan fingerprint density at radius 3 is 2.64 bits per heavy atom. The lowest BCUT2D eigenvalue weighted by molar-refractivity contribution is -0.00982. The summed E-state index contributed by atoms with van der Waals surface area (Å²) in [6, 6.07) is 5.77. The van der Waals surface area contributed by atoms with Crippen LogP contribution in [0.3, 0.4) is 0 Å². The Morgan fingerprint density at radius 2 is 1.97 bits per heavy atom. The van der Waals surface area contributed by atoms with Crippen molar-refractivity contribution in [3.8, 4) is 0 Å². The number of piperazine rings is 1. The van der Waals surface area contributed by atoms with E-state index in [2.05, 4.69) is 42.4 Å². The number of hydrogen-bond acceptors (Lipinski definition) is 3. The van der Waals surface area contributed by atoms with Gasteiger partial charge in [0.05, 0.1) is 0 Å². The smallest absolute Gasteiger partial charge is 0.321 e. The molecule has 2 unspecified atom stereocenters. The third kappa shape index (κ3) is 6.20. The molecule has 1 aromatic rings. The lowest BCUT2D eigenvalue weighted by Gasteiger charge is -2.57. The Kier molecular flexibility index (Phi) is 8.54. The minimum absolute atomic E-state index is 0.0247. The number of rotatable bonds is 9. The number of hydrogen-bond donors (Lipinski definition) is 2. The van der Waals surface area contributed by atoms with E-state index in [4.69, 9.17) is 0 Å². The maximum absolute atomic E-state index is 13.4. The molecule has 0 spiro atoms. The first-order valence-corrected chi connectivity index (χ1v) is 13.5.